The maximum Gasteiger partial charge on any atom is 0.255 e. The molecule has 0 aromatic heterocycles. The third-order valence-electron chi connectivity index (χ3n) is 3.14. The van der Waals surface area contributed by atoms with E-state index in [1.54, 1.807) is 18.2 Å². The fourth-order valence-corrected chi connectivity index (χ4v) is 3.27. The average Bonchev–Trinajstić information content (AvgIpc) is 2.55. The third kappa shape index (κ3) is 5.45. The highest BCUT2D eigenvalue weighted by atomic mass is 79.9. The molecule has 9 heteroatoms. The Labute approximate surface area is 153 Å². The lowest BCUT2D eigenvalue weighted by Crippen LogP contribution is -2.36. The van der Waals surface area contributed by atoms with Crippen LogP contribution in [0.25, 0.3) is 0 Å². The Morgan fingerprint density at radius 1 is 1.28 bits per heavy atom. The van der Waals surface area contributed by atoms with E-state index < -0.39 is 28.3 Å². The Morgan fingerprint density at radius 3 is 2.60 bits per heavy atom. The lowest BCUT2D eigenvalue weighted by molar-refractivity contribution is -0.121. The number of hydrogen-bond acceptors (Lipinski definition) is 4. The molecule has 25 heavy (non-hydrogen) atoms. The van der Waals surface area contributed by atoms with E-state index in [1.807, 2.05) is 0 Å². The van der Waals surface area contributed by atoms with E-state index in [0.29, 0.717) is 5.56 Å². The smallest absolute Gasteiger partial charge is 0.255 e. The Hall–Kier alpha value is -2.10. The van der Waals surface area contributed by atoms with Gasteiger partial charge in [-0.25, -0.2) is 18.2 Å². The van der Waals surface area contributed by atoms with Gasteiger partial charge >= 0.3 is 0 Å². The van der Waals surface area contributed by atoms with Crippen LogP contribution in [0.4, 0.5) is 4.39 Å². The number of nitrogens with zero attached hydrogens (tertiary/aromatic N) is 2. The van der Waals surface area contributed by atoms with Crippen LogP contribution in [0.1, 0.15) is 5.56 Å². The van der Waals surface area contributed by atoms with E-state index in [2.05, 4.69) is 26.5 Å². The van der Waals surface area contributed by atoms with Crippen LogP contribution < -0.4 is 5.43 Å². The van der Waals surface area contributed by atoms with Crippen molar-refractivity contribution in [3.63, 3.8) is 0 Å². The number of hydrogen-bond donors (Lipinski definition) is 1. The number of rotatable bonds is 6. The topological polar surface area (TPSA) is 78.8 Å². The minimum absolute atomic E-state index is 0.0780. The molecule has 0 fully saturated rings. The second-order valence-electron chi connectivity index (χ2n) is 5.06. The molecule has 0 saturated carbocycles. The molecule has 0 aliphatic heterocycles. The van der Waals surface area contributed by atoms with Crippen LogP contribution in [0.5, 0.6) is 0 Å². The number of sulfonamides is 1. The predicted octanol–water partition coefficient (Wildman–Crippen LogP) is 2.36. The molecule has 2 aromatic carbocycles. The maximum atomic E-state index is 13.0. The molecule has 0 bridgehead atoms. The van der Waals surface area contributed by atoms with Gasteiger partial charge in [0, 0.05) is 11.5 Å². The molecule has 6 nitrogen and oxygen atoms in total. The normalized spacial score (nSPS) is 11.8. The second kappa shape index (κ2) is 8.32. The van der Waals surface area contributed by atoms with E-state index in [1.165, 1.54) is 43.6 Å². The van der Waals surface area contributed by atoms with Crippen LogP contribution in [-0.2, 0) is 14.8 Å². The van der Waals surface area contributed by atoms with E-state index in [0.717, 1.165) is 8.78 Å². The SMILES string of the molecule is CN(CC(=O)N/N=C\c1cccc(F)c1)S(=O)(=O)c1ccc(Br)cc1. The highest BCUT2D eigenvalue weighted by Crippen LogP contribution is 2.17. The van der Waals surface area contributed by atoms with Crippen molar-refractivity contribution in [1.82, 2.24) is 9.73 Å². The summed E-state index contributed by atoms with van der Waals surface area (Å²) in [6, 6.07) is 11.7. The minimum atomic E-state index is -3.78. The number of carbonyl (C=O) groups excluding carboxylic acids is 1. The fourth-order valence-electron chi connectivity index (χ4n) is 1.87. The summed E-state index contributed by atoms with van der Waals surface area (Å²) in [7, 11) is -2.48. The van der Waals surface area contributed by atoms with Crippen molar-refractivity contribution in [2.24, 2.45) is 5.10 Å². The van der Waals surface area contributed by atoms with E-state index in [4.69, 9.17) is 0 Å². The van der Waals surface area contributed by atoms with Crippen LogP contribution in [0.3, 0.4) is 0 Å². The number of halogens is 2. The predicted molar refractivity (Wildman–Crippen MR) is 96.1 cm³/mol. The highest BCUT2D eigenvalue weighted by Gasteiger charge is 2.22. The highest BCUT2D eigenvalue weighted by molar-refractivity contribution is 9.10. The van der Waals surface area contributed by atoms with Crippen LogP contribution in [0.2, 0.25) is 0 Å². The maximum absolute atomic E-state index is 13.0. The summed E-state index contributed by atoms with van der Waals surface area (Å²) in [6.07, 6.45) is 1.27. The Bertz CT molecular complexity index is 886. The van der Waals surface area contributed by atoms with Gasteiger partial charge in [0.05, 0.1) is 17.7 Å². The summed E-state index contributed by atoms with van der Waals surface area (Å²) in [5.41, 5.74) is 2.68. The summed E-state index contributed by atoms with van der Waals surface area (Å²) in [5, 5.41) is 3.68. The summed E-state index contributed by atoms with van der Waals surface area (Å²) < 4.78 is 39.4. The van der Waals surface area contributed by atoms with E-state index >= 15 is 0 Å². The van der Waals surface area contributed by atoms with Gasteiger partial charge in [-0.2, -0.15) is 9.41 Å². The molecule has 0 atom stereocenters. The second-order valence-corrected chi connectivity index (χ2v) is 8.02. The Kier molecular flexibility index (Phi) is 6.40. The summed E-state index contributed by atoms with van der Waals surface area (Å²) >= 11 is 3.23. The average molecular weight is 428 g/mol. The summed E-state index contributed by atoms with van der Waals surface area (Å²) in [5.74, 6) is -1.04. The zero-order chi connectivity index (χ0) is 18.4. The molecule has 132 valence electrons. The molecular formula is C16H15BrFN3O3S. The summed E-state index contributed by atoms with van der Waals surface area (Å²) in [6.45, 7) is -0.404. The largest absolute Gasteiger partial charge is 0.272 e. The molecule has 0 spiro atoms. The molecule has 2 rings (SSSR count). The number of hydrazone groups is 1. The van der Waals surface area contributed by atoms with E-state index in [-0.39, 0.29) is 4.90 Å². The van der Waals surface area contributed by atoms with Crippen LogP contribution in [0, 0.1) is 5.82 Å². The van der Waals surface area contributed by atoms with Crippen LogP contribution >= 0.6 is 15.9 Å². The van der Waals surface area contributed by atoms with Crippen molar-refractivity contribution in [3.8, 4) is 0 Å². The van der Waals surface area contributed by atoms with Crippen molar-refractivity contribution in [3.05, 3.63) is 64.4 Å². The lowest BCUT2D eigenvalue weighted by atomic mass is 10.2. The quantitative estimate of drug-likeness (QED) is 0.567. The molecular weight excluding hydrogens is 413 g/mol. The van der Waals surface area contributed by atoms with Gasteiger partial charge in [0.1, 0.15) is 5.82 Å². The van der Waals surface area contributed by atoms with Gasteiger partial charge in [0.25, 0.3) is 5.91 Å². The van der Waals surface area contributed by atoms with Gasteiger partial charge in [0.2, 0.25) is 10.0 Å². The molecule has 0 saturated heterocycles. The molecule has 0 radical (unpaired) electrons. The standard InChI is InChI=1S/C16H15BrFN3O3S/c1-21(25(23,24)15-7-5-13(17)6-8-15)11-16(22)20-19-10-12-3-2-4-14(18)9-12/h2-10H,11H2,1H3,(H,20,22)/b19-10-. The van der Waals surface area contributed by atoms with Crippen molar-refractivity contribution in [2.45, 2.75) is 4.90 Å². The first-order valence-corrected chi connectivity index (χ1v) is 9.32. The number of benzene rings is 2. The van der Waals surface area contributed by atoms with E-state index in [9.17, 15) is 17.6 Å². The van der Waals surface area contributed by atoms with Gasteiger partial charge < -0.3 is 0 Å². The first kappa shape index (κ1) is 19.2. The lowest BCUT2D eigenvalue weighted by Gasteiger charge is -2.16. The van der Waals surface area contributed by atoms with Crippen molar-refractivity contribution < 1.29 is 17.6 Å². The monoisotopic (exact) mass is 427 g/mol. The molecule has 1 N–H and O–H groups in total. The molecule has 0 unspecified atom stereocenters. The zero-order valence-corrected chi connectivity index (χ0v) is 15.6. The Morgan fingerprint density at radius 2 is 1.96 bits per heavy atom. The van der Waals surface area contributed by atoms with Gasteiger partial charge in [-0.3, -0.25) is 4.79 Å². The third-order valence-corrected chi connectivity index (χ3v) is 5.49. The number of nitrogens with one attached hydrogen (secondary N) is 1. The first-order valence-electron chi connectivity index (χ1n) is 7.08. The fraction of sp³-hybridized carbons (Fsp3) is 0.125. The van der Waals surface area contributed by atoms with Gasteiger partial charge in [-0.05, 0) is 42.0 Å². The zero-order valence-electron chi connectivity index (χ0n) is 13.2. The van der Waals surface area contributed by atoms with Gasteiger partial charge in [-0.1, -0.05) is 28.1 Å². The molecule has 0 heterocycles. The molecule has 0 aliphatic rings. The number of likely N-dealkylation sites (N-methyl/N-ethyl adjacent to an activating group) is 1. The Balaban J connectivity index is 1.96. The summed E-state index contributed by atoms with van der Waals surface area (Å²) in [4.78, 5) is 11.9. The molecule has 2 aromatic rings. The van der Waals surface area contributed by atoms with Crippen LogP contribution in [0.15, 0.2) is 63.0 Å². The molecule has 0 aliphatic carbocycles. The van der Waals surface area contributed by atoms with Crippen LogP contribution in [-0.4, -0.2) is 38.4 Å². The van der Waals surface area contributed by atoms with Gasteiger partial charge in [-0.15, -0.1) is 0 Å². The number of carbonyl (C=O) groups is 1. The van der Waals surface area contributed by atoms with Crippen molar-refractivity contribution >= 4 is 38.1 Å². The first-order chi connectivity index (χ1) is 11.8. The number of amides is 1. The van der Waals surface area contributed by atoms with Gasteiger partial charge in [0.15, 0.2) is 0 Å². The van der Waals surface area contributed by atoms with Crippen molar-refractivity contribution in [1.29, 1.82) is 0 Å². The molecule has 1 amide bonds. The minimum Gasteiger partial charge on any atom is -0.272 e. The van der Waals surface area contributed by atoms with Crippen molar-refractivity contribution in [2.75, 3.05) is 13.6 Å².